The van der Waals surface area contributed by atoms with E-state index in [4.69, 9.17) is 9.47 Å². The topological polar surface area (TPSA) is 67.9 Å². The van der Waals surface area contributed by atoms with Crippen molar-refractivity contribution in [3.05, 3.63) is 42.0 Å². The molecule has 2 aromatic rings. The summed E-state index contributed by atoms with van der Waals surface area (Å²) < 4.78 is 79.6. The number of hydrogen-bond acceptors (Lipinski definition) is 5. The molecule has 1 fully saturated rings. The summed E-state index contributed by atoms with van der Waals surface area (Å²) in [5.41, 5.74) is -0.700. The van der Waals surface area contributed by atoms with Crippen LogP contribution in [0.5, 0.6) is 11.5 Å². The molecule has 0 unspecified atom stereocenters. The Morgan fingerprint density at radius 1 is 1.09 bits per heavy atom. The molecular formula is C22H27F3N2O4S. The van der Waals surface area contributed by atoms with Gasteiger partial charge in [-0.3, -0.25) is 0 Å². The molecule has 32 heavy (non-hydrogen) atoms. The smallest absolute Gasteiger partial charge is 0.417 e. The number of methoxy groups -OCH3 is 2. The van der Waals surface area contributed by atoms with Crippen LogP contribution in [0.4, 0.5) is 24.5 Å². The number of benzene rings is 2. The van der Waals surface area contributed by atoms with Crippen molar-refractivity contribution in [3.63, 3.8) is 0 Å². The largest absolute Gasteiger partial charge is 0.497 e. The van der Waals surface area contributed by atoms with Crippen molar-refractivity contribution in [1.82, 2.24) is 4.31 Å². The van der Waals surface area contributed by atoms with Crippen molar-refractivity contribution in [2.75, 3.05) is 32.6 Å². The van der Waals surface area contributed by atoms with Crippen LogP contribution in [0.3, 0.4) is 0 Å². The highest BCUT2D eigenvalue weighted by Crippen LogP contribution is 2.40. The summed E-state index contributed by atoms with van der Waals surface area (Å²) in [5.74, 6) is 1.11. The fraction of sp³-hybridized carbons (Fsp3) is 0.455. The Hall–Kier alpha value is -2.46. The van der Waals surface area contributed by atoms with Crippen LogP contribution in [0.25, 0.3) is 0 Å². The van der Waals surface area contributed by atoms with E-state index in [-0.39, 0.29) is 24.7 Å². The molecule has 1 aliphatic carbocycles. The number of anilines is 2. The lowest BCUT2D eigenvalue weighted by atomic mass is 10.1. The van der Waals surface area contributed by atoms with Crippen LogP contribution in [0, 0.1) is 5.92 Å². The molecule has 1 aliphatic rings. The number of alkyl halides is 3. The Morgan fingerprint density at radius 3 is 2.38 bits per heavy atom. The molecule has 6 nitrogen and oxygen atoms in total. The summed E-state index contributed by atoms with van der Waals surface area (Å²) in [6, 6.07) is 7.99. The molecule has 0 saturated heterocycles. The number of hydrogen-bond donors (Lipinski definition) is 1. The first kappa shape index (κ1) is 24.2. The molecule has 1 N–H and O–H groups in total. The molecule has 176 valence electrons. The molecule has 3 rings (SSSR count). The summed E-state index contributed by atoms with van der Waals surface area (Å²) in [6.07, 6.45) is -2.53. The molecule has 0 spiro atoms. The lowest BCUT2D eigenvalue weighted by molar-refractivity contribution is -0.139. The molecular weight excluding hydrogens is 445 g/mol. The Balaban J connectivity index is 1.99. The van der Waals surface area contributed by atoms with Crippen LogP contribution >= 0.6 is 0 Å². The van der Waals surface area contributed by atoms with Gasteiger partial charge in [0.15, 0.2) is 0 Å². The quantitative estimate of drug-likeness (QED) is 0.510. The maximum atomic E-state index is 13.9. The molecule has 0 aromatic heterocycles. The first-order valence-electron chi connectivity index (χ1n) is 10.3. The number of halogens is 3. The molecule has 0 bridgehead atoms. The van der Waals surface area contributed by atoms with Crippen molar-refractivity contribution in [3.8, 4) is 11.5 Å². The zero-order chi connectivity index (χ0) is 23.5. The van der Waals surface area contributed by atoms with Crippen molar-refractivity contribution >= 4 is 21.4 Å². The highest BCUT2D eigenvalue weighted by atomic mass is 32.2. The predicted molar refractivity (Wildman–Crippen MR) is 116 cm³/mol. The number of ether oxygens (including phenoxy) is 2. The van der Waals surface area contributed by atoms with E-state index < -0.39 is 26.7 Å². The lowest BCUT2D eigenvalue weighted by Gasteiger charge is -2.24. The second-order valence-corrected chi connectivity index (χ2v) is 9.61. The third-order valence-corrected chi connectivity index (χ3v) is 7.15. The molecule has 10 heteroatoms. The van der Waals surface area contributed by atoms with Gasteiger partial charge in [0.1, 0.15) is 11.5 Å². The van der Waals surface area contributed by atoms with Crippen LogP contribution in [-0.4, -0.2) is 40.0 Å². The SMILES string of the molecule is CCCN(CC1CC1)S(=O)(=O)c1ccc(Nc2ccc(OC)cc2OC)cc1C(F)(F)F. The monoisotopic (exact) mass is 472 g/mol. The van der Waals surface area contributed by atoms with Crippen molar-refractivity contribution in [2.24, 2.45) is 5.92 Å². The number of rotatable bonds is 10. The van der Waals surface area contributed by atoms with Gasteiger partial charge < -0.3 is 14.8 Å². The number of nitrogens with one attached hydrogen (secondary N) is 1. The molecule has 0 atom stereocenters. The summed E-state index contributed by atoms with van der Waals surface area (Å²) in [6.45, 7) is 2.23. The van der Waals surface area contributed by atoms with Crippen LogP contribution in [0.15, 0.2) is 41.3 Å². The Kier molecular flexibility index (Phi) is 7.24. The van der Waals surface area contributed by atoms with Gasteiger partial charge in [0.2, 0.25) is 10.0 Å². The van der Waals surface area contributed by atoms with E-state index in [1.54, 1.807) is 25.1 Å². The molecule has 0 heterocycles. The Labute approximate surface area is 186 Å². The minimum atomic E-state index is -4.85. The fourth-order valence-electron chi connectivity index (χ4n) is 3.40. The second kappa shape index (κ2) is 9.58. The van der Waals surface area contributed by atoms with Crippen LogP contribution in [0.2, 0.25) is 0 Å². The van der Waals surface area contributed by atoms with E-state index in [9.17, 15) is 21.6 Å². The number of sulfonamides is 1. The van der Waals surface area contributed by atoms with E-state index in [1.165, 1.54) is 24.6 Å². The van der Waals surface area contributed by atoms with Gasteiger partial charge in [-0.15, -0.1) is 0 Å². The Bertz CT molecular complexity index is 1050. The second-order valence-electron chi connectivity index (χ2n) is 7.71. The van der Waals surface area contributed by atoms with Gasteiger partial charge in [0.25, 0.3) is 0 Å². The van der Waals surface area contributed by atoms with Gasteiger partial charge in [-0.1, -0.05) is 6.92 Å². The van der Waals surface area contributed by atoms with E-state index in [2.05, 4.69) is 5.32 Å². The van der Waals surface area contributed by atoms with E-state index in [1.807, 2.05) is 0 Å². The Morgan fingerprint density at radius 2 is 1.81 bits per heavy atom. The van der Waals surface area contributed by atoms with Crippen LogP contribution < -0.4 is 14.8 Å². The number of nitrogens with zero attached hydrogens (tertiary/aromatic N) is 1. The average Bonchev–Trinajstić information content (AvgIpc) is 3.57. The van der Waals surface area contributed by atoms with Gasteiger partial charge in [-0.25, -0.2) is 8.42 Å². The highest BCUT2D eigenvalue weighted by Gasteiger charge is 2.40. The van der Waals surface area contributed by atoms with Gasteiger partial charge in [-0.05, 0) is 55.5 Å². The highest BCUT2D eigenvalue weighted by molar-refractivity contribution is 7.89. The summed E-state index contributed by atoms with van der Waals surface area (Å²) in [5, 5.41) is 2.87. The summed E-state index contributed by atoms with van der Waals surface area (Å²) >= 11 is 0. The summed E-state index contributed by atoms with van der Waals surface area (Å²) in [7, 11) is -1.38. The molecule has 0 radical (unpaired) electrons. The zero-order valence-electron chi connectivity index (χ0n) is 18.2. The zero-order valence-corrected chi connectivity index (χ0v) is 19.0. The maximum absolute atomic E-state index is 13.9. The van der Waals surface area contributed by atoms with E-state index in [0.29, 0.717) is 23.6 Å². The summed E-state index contributed by atoms with van der Waals surface area (Å²) in [4.78, 5) is -0.730. The van der Waals surface area contributed by atoms with Crippen LogP contribution in [-0.2, 0) is 16.2 Å². The van der Waals surface area contributed by atoms with Crippen molar-refractivity contribution < 1.29 is 31.1 Å². The normalized spacial score (nSPS) is 14.5. The molecule has 1 saturated carbocycles. The lowest BCUT2D eigenvalue weighted by Crippen LogP contribution is -2.35. The van der Waals surface area contributed by atoms with E-state index in [0.717, 1.165) is 25.0 Å². The standard InChI is InChI=1S/C22H27F3N2O4S/c1-4-11-27(14-15-5-6-15)32(28,29)21-10-7-16(12-18(21)22(23,24)25)26-19-9-8-17(30-2)13-20(19)31-3/h7-10,12-13,15,26H,4-6,11,14H2,1-3H3. The van der Waals surface area contributed by atoms with Gasteiger partial charge in [-0.2, -0.15) is 17.5 Å². The minimum Gasteiger partial charge on any atom is -0.497 e. The third kappa shape index (κ3) is 5.47. The van der Waals surface area contributed by atoms with Gasteiger partial charge in [0.05, 0.1) is 30.4 Å². The minimum absolute atomic E-state index is 0.0870. The first-order chi connectivity index (χ1) is 15.1. The molecule has 0 amide bonds. The molecule has 0 aliphatic heterocycles. The first-order valence-corrected chi connectivity index (χ1v) is 11.7. The van der Waals surface area contributed by atoms with Crippen LogP contribution in [0.1, 0.15) is 31.7 Å². The molecule has 2 aromatic carbocycles. The predicted octanol–water partition coefficient (Wildman–Crippen LogP) is 5.28. The third-order valence-electron chi connectivity index (χ3n) is 5.22. The average molecular weight is 473 g/mol. The fourth-order valence-corrected chi connectivity index (χ4v) is 5.20. The van der Waals surface area contributed by atoms with Crippen molar-refractivity contribution in [1.29, 1.82) is 0 Å². The maximum Gasteiger partial charge on any atom is 0.417 e. The van der Waals surface area contributed by atoms with Crippen molar-refractivity contribution in [2.45, 2.75) is 37.3 Å². The van der Waals surface area contributed by atoms with E-state index >= 15 is 0 Å². The van der Waals surface area contributed by atoms with Gasteiger partial charge in [0, 0.05) is 24.8 Å². The van der Waals surface area contributed by atoms with Gasteiger partial charge >= 0.3 is 6.18 Å².